The van der Waals surface area contributed by atoms with Crippen molar-refractivity contribution in [3.05, 3.63) is 52.3 Å². The van der Waals surface area contributed by atoms with Crippen molar-refractivity contribution in [2.45, 2.75) is 25.6 Å². The number of hydrogen-bond acceptors (Lipinski definition) is 8. The van der Waals surface area contributed by atoms with Gasteiger partial charge in [-0.3, -0.25) is 0 Å². The first kappa shape index (κ1) is 21.4. The Morgan fingerprint density at radius 1 is 1.25 bits per heavy atom. The number of nitrogens with zero attached hydrogens (tertiary/aromatic N) is 4. The number of fused-ring (bicyclic) bond motifs is 1. The van der Waals surface area contributed by atoms with E-state index in [1.165, 1.54) is 11.5 Å². The molecule has 0 radical (unpaired) electrons. The van der Waals surface area contributed by atoms with Crippen molar-refractivity contribution in [1.82, 2.24) is 25.0 Å². The third-order valence-electron chi connectivity index (χ3n) is 5.66. The fourth-order valence-electron chi connectivity index (χ4n) is 3.91. The van der Waals surface area contributed by atoms with Crippen LogP contribution in [0.4, 0.5) is 20.4 Å². The first-order chi connectivity index (χ1) is 15.6. The lowest BCUT2D eigenvalue weighted by molar-refractivity contribution is 0.543. The van der Waals surface area contributed by atoms with Gasteiger partial charge in [-0.1, -0.05) is 11.6 Å². The van der Waals surface area contributed by atoms with Crippen LogP contribution in [-0.4, -0.2) is 46.6 Å². The Hall–Kier alpha value is -2.40. The smallest absolute Gasteiger partial charge is 0.172 e. The molecule has 2 aliphatic heterocycles. The average Bonchev–Trinajstić information content (AvgIpc) is 3.50. The molecule has 1 fully saturated rings. The summed E-state index contributed by atoms with van der Waals surface area (Å²) < 4.78 is 32.8. The molecule has 5 rings (SSSR count). The van der Waals surface area contributed by atoms with E-state index in [2.05, 4.69) is 25.3 Å². The number of nitrogens with one attached hydrogen (secondary N) is 3. The molecule has 1 saturated heterocycles. The molecule has 32 heavy (non-hydrogen) atoms. The Kier molecular flexibility index (Phi) is 6.18. The van der Waals surface area contributed by atoms with Gasteiger partial charge in [-0.05, 0) is 42.7 Å². The molecule has 0 amide bonds. The Bertz CT molecular complexity index is 1120. The van der Waals surface area contributed by atoms with Crippen LogP contribution in [0.15, 0.2) is 24.4 Å². The van der Waals surface area contributed by atoms with Gasteiger partial charge in [0, 0.05) is 44.3 Å². The maximum absolute atomic E-state index is 14.3. The molecule has 0 spiro atoms. The van der Waals surface area contributed by atoms with Crippen molar-refractivity contribution in [2.24, 2.45) is 0 Å². The van der Waals surface area contributed by atoms with Crippen LogP contribution in [0.2, 0.25) is 5.02 Å². The highest BCUT2D eigenvalue weighted by Crippen LogP contribution is 2.33. The molecule has 4 heterocycles. The van der Waals surface area contributed by atoms with Crippen LogP contribution in [0.5, 0.6) is 0 Å². The molecule has 0 aliphatic carbocycles. The Morgan fingerprint density at radius 2 is 2.12 bits per heavy atom. The fourth-order valence-corrected chi connectivity index (χ4v) is 4.84. The summed E-state index contributed by atoms with van der Waals surface area (Å²) in [7, 11) is 0. The Labute approximate surface area is 193 Å². The van der Waals surface area contributed by atoms with Crippen LogP contribution in [0.25, 0.3) is 10.6 Å². The largest absolute Gasteiger partial charge is 0.365 e. The number of hydrogen-bond donors (Lipinski definition) is 3. The van der Waals surface area contributed by atoms with Gasteiger partial charge < -0.3 is 20.9 Å². The summed E-state index contributed by atoms with van der Waals surface area (Å²) in [6.07, 6.45) is 2.82. The zero-order valence-corrected chi connectivity index (χ0v) is 18.7. The molecule has 3 N–H and O–H groups in total. The SMILES string of the molecule is Fc1ccc(F)c(CN2CCNc3ncc(-c4cc(CNC5CCNC5)ns4)nc32)c1Cl. The van der Waals surface area contributed by atoms with Gasteiger partial charge in [0.15, 0.2) is 11.6 Å². The van der Waals surface area contributed by atoms with Gasteiger partial charge in [0.1, 0.15) is 17.3 Å². The zero-order chi connectivity index (χ0) is 22.1. The van der Waals surface area contributed by atoms with Gasteiger partial charge in [-0.15, -0.1) is 0 Å². The molecule has 1 unspecified atom stereocenters. The Balaban J connectivity index is 1.37. The highest BCUT2D eigenvalue weighted by atomic mass is 35.5. The van der Waals surface area contributed by atoms with Gasteiger partial charge in [-0.2, -0.15) is 4.37 Å². The highest BCUT2D eigenvalue weighted by molar-refractivity contribution is 7.09. The van der Waals surface area contributed by atoms with E-state index >= 15 is 0 Å². The quantitative estimate of drug-likeness (QED) is 0.469. The molecular formula is C21H22ClF2N7S. The molecule has 11 heteroatoms. The first-order valence-corrected chi connectivity index (χ1v) is 11.6. The number of halogens is 3. The van der Waals surface area contributed by atoms with Crippen LogP contribution in [0.3, 0.4) is 0 Å². The molecule has 1 atom stereocenters. The fraction of sp³-hybridized carbons (Fsp3) is 0.381. The normalized spacial score (nSPS) is 18.0. The number of benzene rings is 1. The second-order valence-corrected chi connectivity index (χ2v) is 9.03. The van der Waals surface area contributed by atoms with Crippen LogP contribution >= 0.6 is 23.1 Å². The Morgan fingerprint density at radius 3 is 2.97 bits per heavy atom. The summed E-state index contributed by atoms with van der Waals surface area (Å²) in [5.74, 6) is 0.00163. The van der Waals surface area contributed by atoms with E-state index < -0.39 is 11.6 Å². The monoisotopic (exact) mass is 477 g/mol. The lowest BCUT2D eigenvalue weighted by Gasteiger charge is -2.30. The lowest BCUT2D eigenvalue weighted by Crippen LogP contribution is -2.35. The maximum atomic E-state index is 14.3. The van der Waals surface area contributed by atoms with Crippen LogP contribution in [-0.2, 0) is 13.1 Å². The third kappa shape index (κ3) is 4.40. The van der Waals surface area contributed by atoms with E-state index in [9.17, 15) is 8.78 Å². The van der Waals surface area contributed by atoms with Crippen LogP contribution in [0, 0.1) is 11.6 Å². The summed E-state index contributed by atoms with van der Waals surface area (Å²) >= 11 is 7.41. The topological polar surface area (TPSA) is 78.0 Å². The maximum Gasteiger partial charge on any atom is 0.172 e. The van der Waals surface area contributed by atoms with E-state index in [1.54, 1.807) is 6.20 Å². The lowest BCUT2D eigenvalue weighted by atomic mass is 10.1. The molecule has 168 valence electrons. The van der Waals surface area contributed by atoms with Gasteiger partial charge in [-0.25, -0.2) is 18.7 Å². The molecule has 1 aromatic carbocycles. The molecule has 7 nitrogen and oxygen atoms in total. The first-order valence-electron chi connectivity index (χ1n) is 10.5. The van der Waals surface area contributed by atoms with Gasteiger partial charge in [0.05, 0.1) is 21.8 Å². The molecular weight excluding hydrogens is 456 g/mol. The predicted molar refractivity (Wildman–Crippen MR) is 122 cm³/mol. The third-order valence-corrected chi connectivity index (χ3v) is 6.92. The van der Waals surface area contributed by atoms with Crippen molar-refractivity contribution >= 4 is 34.8 Å². The summed E-state index contributed by atoms with van der Waals surface area (Å²) in [4.78, 5) is 12.1. The number of rotatable bonds is 6. The summed E-state index contributed by atoms with van der Waals surface area (Å²) in [6.45, 7) is 3.99. The van der Waals surface area contributed by atoms with Crippen molar-refractivity contribution in [1.29, 1.82) is 0 Å². The average molecular weight is 478 g/mol. The minimum atomic E-state index is -0.641. The summed E-state index contributed by atoms with van der Waals surface area (Å²) in [5.41, 5.74) is 1.76. The zero-order valence-electron chi connectivity index (χ0n) is 17.2. The van der Waals surface area contributed by atoms with Crippen LogP contribution in [0.1, 0.15) is 17.7 Å². The van der Waals surface area contributed by atoms with Gasteiger partial charge in [0.25, 0.3) is 0 Å². The molecule has 0 saturated carbocycles. The highest BCUT2D eigenvalue weighted by Gasteiger charge is 2.24. The summed E-state index contributed by atoms with van der Waals surface area (Å²) in [5, 5.41) is 9.86. The molecule has 2 aromatic heterocycles. The number of aromatic nitrogens is 3. The molecule has 0 bridgehead atoms. The minimum absolute atomic E-state index is 0.0997. The van der Waals surface area contributed by atoms with Gasteiger partial charge in [0.2, 0.25) is 0 Å². The second-order valence-electron chi connectivity index (χ2n) is 7.85. The van der Waals surface area contributed by atoms with Crippen molar-refractivity contribution in [3.63, 3.8) is 0 Å². The van der Waals surface area contributed by atoms with Crippen molar-refractivity contribution < 1.29 is 8.78 Å². The van der Waals surface area contributed by atoms with E-state index in [-0.39, 0.29) is 17.1 Å². The van der Waals surface area contributed by atoms with E-state index in [0.29, 0.717) is 43.0 Å². The van der Waals surface area contributed by atoms with Gasteiger partial charge >= 0.3 is 0 Å². The van der Waals surface area contributed by atoms with Crippen molar-refractivity contribution in [3.8, 4) is 10.6 Å². The standard InChI is InChI=1S/C21H22ClF2N7S/c22-19-14(15(23)1-2-16(19)24)11-31-6-5-26-20-21(31)29-17(10-28-20)18-7-13(30-32-18)9-27-12-3-4-25-8-12/h1-2,7,10,12,25,27H,3-6,8-9,11H2,(H,26,28). The number of anilines is 2. The minimum Gasteiger partial charge on any atom is -0.365 e. The molecule has 3 aromatic rings. The predicted octanol–water partition coefficient (Wildman–Crippen LogP) is 3.42. The van der Waals surface area contributed by atoms with Crippen LogP contribution < -0.4 is 20.9 Å². The van der Waals surface area contributed by atoms with E-state index in [4.69, 9.17) is 16.6 Å². The van der Waals surface area contributed by atoms with E-state index in [0.717, 1.165) is 42.2 Å². The molecule has 2 aliphatic rings. The van der Waals surface area contributed by atoms with E-state index in [1.807, 2.05) is 11.0 Å². The summed E-state index contributed by atoms with van der Waals surface area (Å²) in [6, 6.07) is 4.61. The van der Waals surface area contributed by atoms with Crippen molar-refractivity contribution in [2.75, 3.05) is 36.4 Å². The second kappa shape index (κ2) is 9.22.